The van der Waals surface area contributed by atoms with Gasteiger partial charge in [0.05, 0.1) is 6.54 Å². The molecule has 0 bridgehead atoms. The van der Waals surface area contributed by atoms with Crippen molar-refractivity contribution in [1.29, 1.82) is 0 Å². The van der Waals surface area contributed by atoms with Crippen molar-refractivity contribution in [3.63, 3.8) is 0 Å². The van der Waals surface area contributed by atoms with Crippen LogP contribution in [-0.2, 0) is 4.79 Å². The summed E-state index contributed by atoms with van der Waals surface area (Å²) in [6, 6.07) is 13.4. The molecule has 0 spiro atoms. The van der Waals surface area contributed by atoms with Gasteiger partial charge in [-0.3, -0.25) is 4.79 Å². The first-order chi connectivity index (χ1) is 11.6. The van der Waals surface area contributed by atoms with Crippen LogP contribution in [0.25, 0.3) is 0 Å². The van der Waals surface area contributed by atoms with Gasteiger partial charge in [-0.15, -0.1) is 0 Å². The largest absolute Gasteiger partial charge is 0.492 e. The molecule has 0 aliphatic carbocycles. The standard InChI is InChI=1S/C19H21NO4/c1-13-9-14(2)11-15(10-13)22-8-7-20-19(21)18-12-23-16-5-3-4-6-17(16)24-18/h3-6,9-11,18H,7-8,12H2,1-2H3,(H,20,21)/t18-/m0/s1. The zero-order valence-electron chi connectivity index (χ0n) is 13.9. The highest BCUT2D eigenvalue weighted by Crippen LogP contribution is 2.30. The fourth-order valence-corrected chi connectivity index (χ4v) is 2.62. The number of aryl methyl sites for hydroxylation is 2. The van der Waals surface area contributed by atoms with E-state index < -0.39 is 6.10 Å². The summed E-state index contributed by atoms with van der Waals surface area (Å²) in [6.45, 7) is 5.08. The first-order valence-corrected chi connectivity index (χ1v) is 7.99. The van der Waals surface area contributed by atoms with Gasteiger partial charge in [-0.25, -0.2) is 0 Å². The molecule has 1 aliphatic rings. The fraction of sp³-hybridized carbons (Fsp3) is 0.316. The zero-order chi connectivity index (χ0) is 16.9. The lowest BCUT2D eigenvalue weighted by molar-refractivity contribution is -0.130. The first-order valence-electron chi connectivity index (χ1n) is 7.99. The van der Waals surface area contributed by atoms with E-state index in [0.717, 1.165) is 16.9 Å². The van der Waals surface area contributed by atoms with Crippen molar-refractivity contribution in [2.24, 2.45) is 0 Å². The number of nitrogens with one attached hydrogen (secondary N) is 1. The summed E-state index contributed by atoms with van der Waals surface area (Å²) in [5.74, 6) is 1.87. The molecule has 0 unspecified atom stereocenters. The van der Waals surface area contributed by atoms with E-state index in [1.807, 2.05) is 44.2 Å². The minimum absolute atomic E-state index is 0.200. The SMILES string of the molecule is Cc1cc(C)cc(OCCNC(=O)[C@@H]2COc3ccccc3O2)c1. The van der Waals surface area contributed by atoms with Crippen LogP contribution in [-0.4, -0.2) is 31.8 Å². The molecule has 5 heteroatoms. The molecule has 24 heavy (non-hydrogen) atoms. The maximum atomic E-state index is 12.2. The molecular weight excluding hydrogens is 306 g/mol. The maximum absolute atomic E-state index is 12.2. The van der Waals surface area contributed by atoms with Crippen LogP contribution >= 0.6 is 0 Å². The third-order valence-electron chi connectivity index (χ3n) is 3.67. The molecule has 0 fully saturated rings. The van der Waals surface area contributed by atoms with Crippen molar-refractivity contribution in [2.75, 3.05) is 19.8 Å². The summed E-state index contributed by atoms with van der Waals surface area (Å²) < 4.78 is 16.9. The van der Waals surface area contributed by atoms with Crippen molar-refractivity contribution in [3.05, 3.63) is 53.6 Å². The second-order valence-electron chi connectivity index (χ2n) is 5.83. The summed E-state index contributed by atoms with van der Waals surface area (Å²) >= 11 is 0. The molecule has 0 saturated heterocycles. The van der Waals surface area contributed by atoms with E-state index in [4.69, 9.17) is 14.2 Å². The number of carbonyl (C=O) groups is 1. The minimum Gasteiger partial charge on any atom is -0.492 e. The summed E-state index contributed by atoms with van der Waals surface area (Å²) in [7, 11) is 0. The highest BCUT2D eigenvalue weighted by atomic mass is 16.6. The van der Waals surface area contributed by atoms with Crippen LogP contribution in [0.1, 0.15) is 11.1 Å². The van der Waals surface area contributed by atoms with Crippen molar-refractivity contribution in [2.45, 2.75) is 20.0 Å². The lowest BCUT2D eigenvalue weighted by Gasteiger charge is -2.25. The predicted octanol–water partition coefficient (Wildman–Crippen LogP) is 2.64. The molecule has 3 rings (SSSR count). The normalized spacial score (nSPS) is 15.7. The van der Waals surface area contributed by atoms with Gasteiger partial charge >= 0.3 is 0 Å². The number of hydrogen-bond acceptors (Lipinski definition) is 4. The summed E-state index contributed by atoms with van der Waals surface area (Å²) in [5.41, 5.74) is 2.31. The molecule has 126 valence electrons. The van der Waals surface area contributed by atoms with E-state index in [1.54, 1.807) is 6.07 Å². The Balaban J connectivity index is 1.45. The van der Waals surface area contributed by atoms with Gasteiger partial charge < -0.3 is 19.5 Å². The maximum Gasteiger partial charge on any atom is 0.264 e. The van der Waals surface area contributed by atoms with Gasteiger partial charge in [-0.05, 0) is 49.2 Å². The van der Waals surface area contributed by atoms with Crippen molar-refractivity contribution < 1.29 is 19.0 Å². The van der Waals surface area contributed by atoms with Crippen molar-refractivity contribution >= 4 is 5.91 Å². The smallest absolute Gasteiger partial charge is 0.264 e. The van der Waals surface area contributed by atoms with Gasteiger partial charge in [0, 0.05) is 0 Å². The van der Waals surface area contributed by atoms with Gasteiger partial charge in [0.15, 0.2) is 11.5 Å². The molecule has 1 amide bonds. The lowest BCUT2D eigenvalue weighted by atomic mass is 10.1. The molecule has 1 N–H and O–H groups in total. The summed E-state index contributed by atoms with van der Waals surface area (Å²) in [4.78, 5) is 12.2. The molecule has 2 aromatic carbocycles. The predicted molar refractivity (Wildman–Crippen MR) is 90.8 cm³/mol. The number of para-hydroxylation sites is 2. The van der Waals surface area contributed by atoms with Gasteiger partial charge in [0.25, 0.3) is 5.91 Å². The molecule has 5 nitrogen and oxygen atoms in total. The Labute approximate surface area is 141 Å². The second-order valence-corrected chi connectivity index (χ2v) is 5.83. The van der Waals surface area contributed by atoms with E-state index >= 15 is 0 Å². The monoisotopic (exact) mass is 327 g/mol. The van der Waals surface area contributed by atoms with Gasteiger partial charge in [-0.1, -0.05) is 18.2 Å². The van der Waals surface area contributed by atoms with Crippen LogP contribution in [0.5, 0.6) is 17.2 Å². The van der Waals surface area contributed by atoms with Crippen molar-refractivity contribution in [3.8, 4) is 17.2 Å². The van der Waals surface area contributed by atoms with Crippen molar-refractivity contribution in [1.82, 2.24) is 5.32 Å². The second kappa shape index (κ2) is 7.25. The topological polar surface area (TPSA) is 56.8 Å². The van der Waals surface area contributed by atoms with Crippen LogP contribution in [0, 0.1) is 13.8 Å². The van der Waals surface area contributed by atoms with Crippen LogP contribution in [0.3, 0.4) is 0 Å². The Hall–Kier alpha value is -2.69. The Kier molecular flexibility index (Phi) is 4.89. The van der Waals surface area contributed by atoms with E-state index in [2.05, 4.69) is 11.4 Å². The molecule has 1 heterocycles. The molecule has 0 saturated carbocycles. The summed E-state index contributed by atoms with van der Waals surface area (Å²) in [5, 5.41) is 2.81. The third kappa shape index (κ3) is 3.98. The molecule has 0 radical (unpaired) electrons. The number of carbonyl (C=O) groups excluding carboxylic acids is 1. The number of amides is 1. The number of hydrogen-bond donors (Lipinski definition) is 1. The van der Waals surface area contributed by atoms with Crippen LogP contribution in [0.15, 0.2) is 42.5 Å². The zero-order valence-corrected chi connectivity index (χ0v) is 13.9. The fourth-order valence-electron chi connectivity index (χ4n) is 2.62. The van der Waals surface area contributed by atoms with Crippen LogP contribution < -0.4 is 19.5 Å². The number of ether oxygens (including phenoxy) is 3. The average Bonchev–Trinajstić information content (AvgIpc) is 2.57. The first kappa shape index (κ1) is 16.2. The molecule has 1 aliphatic heterocycles. The molecule has 1 atom stereocenters. The quantitative estimate of drug-likeness (QED) is 0.858. The third-order valence-corrected chi connectivity index (χ3v) is 3.67. The number of benzene rings is 2. The van der Waals surface area contributed by atoms with E-state index in [0.29, 0.717) is 24.7 Å². The van der Waals surface area contributed by atoms with Gasteiger partial charge in [0.1, 0.15) is 19.0 Å². The van der Waals surface area contributed by atoms with E-state index in [1.165, 1.54) is 0 Å². The Bertz CT molecular complexity index is 709. The highest BCUT2D eigenvalue weighted by Gasteiger charge is 2.26. The Morgan fingerprint density at radius 1 is 1.17 bits per heavy atom. The van der Waals surface area contributed by atoms with E-state index in [9.17, 15) is 4.79 Å². The Morgan fingerprint density at radius 2 is 1.88 bits per heavy atom. The molecule has 0 aromatic heterocycles. The molecular formula is C19H21NO4. The van der Waals surface area contributed by atoms with E-state index in [-0.39, 0.29) is 12.5 Å². The Morgan fingerprint density at radius 3 is 2.62 bits per heavy atom. The molecule has 2 aromatic rings. The van der Waals surface area contributed by atoms with Gasteiger partial charge in [-0.2, -0.15) is 0 Å². The number of fused-ring (bicyclic) bond motifs is 1. The van der Waals surface area contributed by atoms with Gasteiger partial charge in [0.2, 0.25) is 6.10 Å². The van der Waals surface area contributed by atoms with Crippen LogP contribution in [0.4, 0.5) is 0 Å². The van der Waals surface area contributed by atoms with Crippen LogP contribution in [0.2, 0.25) is 0 Å². The number of rotatable bonds is 5. The minimum atomic E-state index is -0.638. The highest BCUT2D eigenvalue weighted by molar-refractivity contribution is 5.81. The average molecular weight is 327 g/mol. The lowest BCUT2D eigenvalue weighted by Crippen LogP contribution is -2.45. The summed E-state index contributed by atoms with van der Waals surface area (Å²) in [6.07, 6.45) is -0.638.